The number of anilines is 3. The van der Waals surface area contributed by atoms with Crippen molar-refractivity contribution in [1.82, 2.24) is 0 Å². The van der Waals surface area contributed by atoms with Gasteiger partial charge in [0.2, 0.25) is 0 Å². The highest BCUT2D eigenvalue weighted by atomic mass is 15.1. The lowest BCUT2D eigenvalue weighted by Gasteiger charge is -2.39. The normalized spacial score (nSPS) is 18.5. The van der Waals surface area contributed by atoms with Gasteiger partial charge in [0.25, 0.3) is 0 Å². The van der Waals surface area contributed by atoms with Gasteiger partial charge in [0, 0.05) is 23.0 Å². The van der Waals surface area contributed by atoms with Crippen LogP contribution in [0.5, 0.6) is 0 Å². The molecule has 0 bridgehead atoms. The number of rotatable bonds is 10. The summed E-state index contributed by atoms with van der Waals surface area (Å²) in [6.45, 7) is 2.30. The molecule has 8 aromatic carbocycles. The summed E-state index contributed by atoms with van der Waals surface area (Å²) in [5.74, 6) is 0.594. The Morgan fingerprint density at radius 1 is 0.508 bits per heavy atom. The minimum absolute atomic E-state index is 0.278. The lowest BCUT2D eigenvalue weighted by Crippen LogP contribution is -2.35. The van der Waals surface area contributed by atoms with Crippen LogP contribution >= 0.6 is 0 Å². The number of nitrogens with zero attached hydrogens (tertiary/aromatic N) is 1. The third kappa shape index (κ3) is 7.43. The fourth-order valence-electron chi connectivity index (χ4n) is 10.8. The summed E-state index contributed by atoms with van der Waals surface area (Å²) in [6, 6.07) is 75.9. The van der Waals surface area contributed by atoms with Crippen molar-refractivity contribution in [1.29, 1.82) is 0 Å². The molecule has 8 aromatic rings. The maximum Gasteiger partial charge on any atom is 0.0529 e. The molecule has 0 heterocycles. The summed E-state index contributed by atoms with van der Waals surface area (Å²) in [7, 11) is 0. The van der Waals surface area contributed by atoms with E-state index in [9.17, 15) is 0 Å². The molecular formula is C64H51N. The predicted octanol–water partition coefficient (Wildman–Crippen LogP) is 17.0. The Hall–Kier alpha value is -7.74. The molecule has 0 spiro atoms. The van der Waals surface area contributed by atoms with Crippen LogP contribution in [0, 0.1) is 5.92 Å². The highest BCUT2D eigenvalue weighted by molar-refractivity contribution is 5.90. The van der Waals surface area contributed by atoms with E-state index in [0.29, 0.717) is 5.92 Å². The fraction of sp³-hybridized carbons (Fsp3) is 0.0938. The van der Waals surface area contributed by atoms with E-state index in [2.05, 4.69) is 267 Å². The van der Waals surface area contributed by atoms with Crippen molar-refractivity contribution in [3.63, 3.8) is 0 Å². The molecule has 3 aliphatic carbocycles. The number of hydrogen-bond donors (Lipinski definition) is 0. The van der Waals surface area contributed by atoms with Crippen LogP contribution in [-0.4, -0.2) is 0 Å². The smallest absolute Gasteiger partial charge is 0.0529 e. The second kappa shape index (κ2) is 17.4. The molecule has 3 unspecified atom stereocenters. The minimum atomic E-state index is -0.316. The predicted molar refractivity (Wildman–Crippen MR) is 276 cm³/mol. The van der Waals surface area contributed by atoms with Crippen molar-refractivity contribution >= 4 is 34.8 Å². The van der Waals surface area contributed by atoms with Gasteiger partial charge in [-0.1, -0.05) is 224 Å². The van der Waals surface area contributed by atoms with E-state index in [1.807, 2.05) is 0 Å². The molecule has 0 radical (unpaired) electrons. The third-order valence-corrected chi connectivity index (χ3v) is 13.9. The molecule has 0 fully saturated rings. The van der Waals surface area contributed by atoms with Gasteiger partial charge in [0.1, 0.15) is 0 Å². The second-order valence-corrected chi connectivity index (χ2v) is 17.6. The van der Waals surface area contributed by atoms with Gasteiger partial charge in [0.15, 0.2) is 0 Å². The molecule has 0 aromatic heterocycles. The third-order valence-electron chi connectivity index (χ3n) is 13.9. The van der Waals surface area contributed by atoms with E-state index in [0.717, 1.165) is 29.9 Å². The first-order valence-electron chi connectivity index (χ1n) is 23.0. The van der Waals surface area contributed by atoms with Gasteiger partial charge in [-0.15, -0.1) is 0 Å². The summed E-state index contributed by atoms with van der Waals surface area (Å²) < 4.78 is 0. The average molecular weight is 834 g/mol. The summed E-state index contributed by atoms with van der Waals surface area (Å²) in [4.78, 5) is 2.45. The first kappa shape index (κ1) is 40.1. The molecule has 0 amide bonds. The van der Waals surface area contributed by atoms with Crippen LogP contribution in [0.4, 0.5) is 17.1 Å². The topological polar surface area (TPSA) is 3.24 Å². The van der Waals surface area contributed by atoms with E-state index in [-0.39, 0.29) is 11.3 Å². The maximum atomic E-state index is 2.46. The second-order valence-electron chi connectivity index (χ2n) is 17.6. The molecule has 312 valence electrons. The van der Waals surface area contributed by atoms with Crippen LogP contribution < -0.4 is 4.90 Å². The Bertz CT molecular complexity index is 3150. The molecule has 0 N–H and O–H groups in total. The number of benzene rings is 8. The van der Waals surface area contributed by atoms with E-state index < -0.39 is 0 Å². The lowest BCUT2D eigenvalue weighted by atomic mass is 9.62. The maximum absolute atomic E-state index is 2.46. The van der Waals surface area contributed by atoms with E-state index >= 15 is 0 Å². The minimum Gasteiger partial charge on any atom is -0.310 e. The van der Waals surface area contributed by atoms with Crippen molar-refractivity contribution in [2.45, 2.75) is 31.1 Å². The van der Waals surface area contributed by atoms with Crippen LogP contribution in [0.1, 0.15) is 64.6 Å². The van der Waals surface area contributed by atoms with Crippen LogP contribution in [0.15, 0.2) is 248 Å². The summed E-state index contributed by atoms with van der Waals surface area (Å²) in [6.07, 6.45) is 20.5. The molecule has 1 heteroatoms. The molecule has 0 saturated heterocycles. The number of allylic oxidation sites excluding steroid dienone is 8. The highest BCUT2D eigenvalue weighted by Gasteiger charge is 2.49. The zero-order valence-electron chi connectivity index (χ0n) is 36.8. The molecule has 0 saturated carbocycles. The summed E-state index contributed by atoms with van der Waals surface area (Å²) >= 11 is 0. The van der Waals surface area contributed by atoms with Crippen LogP contribution in [0.3, 0.4) is 0 Å². The van der Waals surface area contributed by atoms with E-state index in [4.69, 9.17) is 0 Å². The van der Waals surface area contributed by atoms with Crippen LogP contribution in [-0.2, 0) is 5.41 Å². The van der Waals surface area contributed by atoms with Crippen molar-refractivity contribution in [3.05, 3.63) is 287 Å². The average Bonchev–Trinajstić information content (AvgIpc) is 3.68. The summed E-state index contributed by atoms with van der Waals surface area (Å²) in [5.41, 5.74) is 19.9. The van der Waals surface area contributed by atoms with Crippen molar-refractivity contribution in [2.75, 3.05) is 4.90 Å². The van der Waals surface area contributed by atoms with Gasteiger partial charge in [-0.3, -0.25) is 0 Å². The SMILES string of the molecule is CC1=CC(c2cccc(N(c3ccc(-c4ccccc4)cc3)c3ccc4c(c3)-c3ccccc3C4(c3ccccc3)C3C=CC=CC3)c2)=CCC1c1ccccc1/C=C\c1ccccc1. The van der Waals surface area contributed by atoms with Gasteiger partial charge in [-0.25, -0.2) is 0 Å². The van der Waals surface area contributed by atoms with Gasteiger partial charge in [-0.2, -0.15) is 0 Å². The Morgan fingerprint density at radius 3 is 1.95 bits per heavy atom. The number of hydrogen-bond acceptors (Lipinski definition) is 1. The van der Waals surface area contributed by atoms with E-state index in [1.54, 1.807) is 0 Å². The van der Waals surface area contributed by atoms with E-state index in [1.165, 1.54) is 72.3 Å². The van der Waals surface area contributed by atoms with Crippen molar-refractivity contribution < 1.29 is 0 Å². The Morgan fingerprint density at radius 2 is 1.17 bits per heavy atom. The van der Waals surface area contributed by atoms with Crippen molar-refractivity contribution in [3.8, 4) is 22.3 Å². The lowest BCUT2D eigenvalue weighted by molar-refractivity contribution is 0.457. The molecule has 65 heavy (non-hydrogen) atoms. The quantitative estimate of drug-likeness (QED) is 0.124. The van der Waals surface area contributed by atoms with Gasteiger partial charge in [0.05, 0.1) is 5.41 Å². The monoisotopic (exact) mass is 833 g/mol. The Labute approximate surface area is 384 Å². The number of fused-ring (bicyclic) bond motifs is 3. The largest absolute Gasteiger partial charge is 0.310 e. The first-order valence-corrected chi connectivity index (χ1v) is 23.0. The molecule has 0 aliphatic heterocycles. The molecule has 11 rings (SSSR count). The van der Waals surface area contributed by atoms with Crippen molar-refractivity contribution in [2.24, 2.45) is 5.92 Å². The Balaban J connectivity index is 0.997. The fourth-order valence-corrected chi connectivity index (χ4v) is 10.8. The highest BCUT2D eigenvalue weighted by Crippen LogP contribution is 2.59. The molecule has 1 nitrogen and oxygen atoms in total. The molecular weight excluding hydrogens is 783 g/mol. The van der Waals surface area contributed by atoms with Gasteiger partial charge in [-0.05, 0) is 129 Å². The van der Waals surface area contributed by atoms with Gasteiger partial charge >= 0.3 is 0 Å². The van der Waals surface area contributed by atoms with Crippen LogP contribution in [0.25, 0.3) is 40.0 Å². The first-order chi connectivity index (χ1) is 32.1. The van der Waals surface area contributed by atoms with Gasteiger partial charge < -0.3 is 4.90 Å². The molecule has 3 atom stereocenters. The zero-order valence-corrected chi connectivity index (χ0v) is 36.8. The standard InChI is InChI=1S/C64H51N/c1-46-43-52(37-41-58(46)59-30-15-14-23-50(59)34-33-47-19-6-2-7-20-47)51-24-18-29-56(44-51)65(55-38-35-49(36-39-55)48-21-8-3-9-22-48)57-40-42-63-61(45-57)60-31-16-17-32-62(60)64(63,53-25-10-4-11-26-53)54-27-12-5-13-28-54/h2-27,29-40,42-45,54,58H,28,41H2,1H3/b34-33-. The Kier molecular flexibility index (Phi) is 10.7. The van der Waals surface area contributed by atoms with Crippen LogP contribution in [0.2, 0.25) is 0 Å². The summed E-state index contributed by atoms with van der Waals surface area (Å²) in [5, 5.41) is 0. The molecule has 3 aliphatic rings. The zero-order chi connectivity index (χ0) is 43.6.